The van der Waals surface area contributed by atoms with E-state index < -0.39 is 40.7 Å². The molecule has 0 radical (unpaired) electrons. The van der Waals surface area contributed by atoms with E-state index in [4.69, 9.17) is 10.8 Å². The number of hydrogen-bond acceptors (Lipinski definition) is 2. The van der Waals surface area contributed by atoms with Gasteiger partial charge in [-0.1, -0.05) is 0 Å². The van der Waals surface area contributed by atoms with Crippen molar-refractivity contribution in [1.29, 1.82) is 0 Å². The molecule has 0 saturated carbocycles. The van der Waals surface area contributed by atoms with Crippen molar-refractivity contribution in [2.45, 2.75) is 12.4 Å². The molecule has 0 amide bonds. The van der Waals surface area contributed by atoms with Crippen LogP contribution in [0.1, 0.15) is 16.7 Å². The van der Waals surface area contributed by atoms with E-state index >= 15 is 0 Å². The second kappa shape index (κ2) is 5.06. The Morgan fingerprint density at radius 2 is 1.50 bits per heavy atom. The largest absolute Gasteiger partial charge is 0.478 e. The van der Waals surface area contributed by atoms with Crippen molar-refractivity contribution in [3.8, 4) is 0 Å². The minimum absolute atomic E-state index is 0.129. The number of anilines is 1. The number of nitrogens with two attached hydrogens (primary N) is 1. The quantitative estimate of drug-likeness (QED) is 0.500. The number of benzene rings is 1. The predicted octanol–water partition coefficient (Wildman–Crippen LogP) is 3.40. The lowest BCUT2D eigenvalue weighted by molar-refractivity contribution is -0.162. The number of aliphatic carboxylic acids is 1. The summed E-state index contributed by atoms with van der Waals surface area (Å²) in [6.45, 7) is 0. The first-order chi connectivity index (χ1) is 8.93. The van der Waals surface area contributed by atoms with Crippen molar-refractivity contribution in [2.24, 2.45) is 0 Å². The zero-order valence-electron chi connectivity index (χ0n) is 9.51. The summed E-state index contributed by atoms with van der Waals surface area (Å²) < 4.78 is 75.4. The van der Waals surface area contributed by atoms with Gasteiger partial charge < -0.3 is 10.8 Å². The van der Waals surface area contributed by atoms with Gasteiger partial charge in [0.15, 0.2) is 0 Å². The van der Waals surface area contributed by atoms with Gasteiger partial charge in [0.2, 0.25) is 0 Å². The third-order valence-corrected chi connectivity index (χ3v) is 2.24. The molecule has 0 heterocycles. The van der Waals surface area contributed by atoms with E-state index in [1.165, 1.54) is 0 Å². The minimum Gasteiger partial charge on any atom is -0.478 e. The van der Waals surface area contributed by atoms with Crippen molar-refractivity contribution >= 4 is 17.7 Å². The van der Waals surface area contributed by atoms with E-state index in [2.05, 4.69) is 0 Å². The molecule has 0 aromatic heterocycles. The average Bonchev–Trinajstić information content (AvgIpc) is 2.23. The van der Waals surface area contributed by atoms with Crippen molar-refractivity contribution in [3.05, 3.63) is 34.9 Å². The molecule has 0 bridgehead atoms. The third-order valence-electron chi connectivity index (χ3n) is 2.24. The summed E-state index contributed by atoms with van der Waals surface area (Å²) >= 11 is 0. The fourth-order valence-corrected chi connectivity index (χ4v) is 1.41. The Hall–Kier alpha value is -2.19. The van der Waals surface area contributed by atoms with Crippen molar-refractivity contribution in [1.82, 2.24) is 0 Å². The zero-order chi connectivity index (χ0) is 15.7. The zero-order valence-corrected chi connectivity index (χ0v) is 9.51. The maximum Gasteiger partial charge on any atom is 0.417 e. The van der Waals surface area contributed by atoms with Crippen LogP contribution in [0, 0.1) is 0 Å². The molecular weight excluding hydrogens is 292 g/mol. The maximum absolute atomic E-state index is 12.6. The van der Waals surface area contributed by atoms with E-state index in [0.29, 0.717) is 12.2 Å². The Kier molecular flexibility index (Phi) is 4.02. The summed E-state index contributed by atoms with van der Waals surface area (Å²) in [5.41, 5.74) is 0.283. The van der Waals surface area contributed by atoms with Crippen molar-refractivity contribution in [2.75, 3.05) is 5.73 Å². The Labute approximate surface area is 108 Å². The van der Waals surface area contributed by atoms with Gasteiger partial charge >= 0.3 is 18.3 Å². The Morgan fingerprint density at radius 3 is 1.90 bits per heavy atom. The molecule has 0 unspecified atom stereocenters. The molecule has 0 saturated heterocycles. The third kappa shape index (κ3) is 3.65. The van der Waals surface area contributed by atoms with Crippen LogP contribution in [0.25, 0.3) is 6.08 Å². The number of hydrogen-bond donors (Lipinski definition) is 2. The van der Waals surface area contributed by atoms with Crippen LogP contribution in [0.4, 0.5) is 32.0 Å². The molecular formula is C11H7F6NO2. The number of carbonyl (C=O) groups is 1. The van der Waals surface area contributed by atoms with Gasteiger partial charge in [-0.3, -0.25) is 0 Å². The Bertz CT molecular complexity index is 559. The highest BCUT2D eigenvalue weighted by atomic mass is 19.4. The van der Waals surface area contributed by atoms with Crippen LogP contribution in [0.5, 0.6) is 0 Å². The maximum atomic E-state index is 12.6. The van der Waals surface area contributed by atoms with Gasteiger partial charge in [0, 0.05) is 11.8 Å². The second-order valence-corrected chi connectivity index (χ2v) is 3.69. The smallest absolute Gasteiger partial charge is 0.417 e. The molecule has 0 aliphatic rings. The molecule has 0 spiro atoms. The molecule has 3 N–H and O–H groups in total. The van der Waals surface area contributed by atoms with Gasteiger partial charge in [0.1, 0.15) is 0 Å². The van der Waals surface area contributed by atoms with Gasteiger partial charge in [-0.05, 0) is 23.8 Å². The van der Waals surface area contributed by atoms with Crippen LogP contribution in [0.15, 0.2) is 18.2 Å². The summed E-state index contributed by atoms with van der Waals surface area (Å²) in [4.78, 5) is 10.3. The first-order valence-electron chi connectivity index (χ1n) is 4.92. The van der Waals surface area contributed by atoms with Crippen LogP contribution in [0.2, 0.25) is 0 Å². The highest BCUT2D eigenvalue weighted by molar-refractivity contribution is 5.86. The molecule has 0 aliphatic heterocycles. The number of alkyl halides is 6. The molecule has 0 aliphatic carbocycles. The summed E-state index contributed by atoms with van der Waals surface area (Å²) in [7, 11) is 0. The lowest BCUT2D eigenvalue weighted by Gasteiger charge is -2.17. The molecule has 0 atom stereocenters. The van der Waals surface area contributed by atoms with E-state index in [1.54, 1.807) is 0 Å². The molecule has 1 rings (SSSR count). The highest BCUT2D eigenvalue weighted by Crippen LogP contribution is 2.42. The monoisotopic (exact) mass is 299 g/mol. The SMILES string of the molecule is Nc1cc(C(F)(F)F)c(C(F)(F)F)cc1/C=C/C(=O)O. The second-order valence-electron chi connectivity index (χ2n) is 3.69. The van der Waals surface area contributed by atoms with Gasteiger partial charge in [-0.15, -0.1) is 0 Å². The van der Waals surface area contributed by atoms with E-state index in [0.717, 1.165) is 0 Å². The van der Waals surface area contributed by atoms with Crippen LogP contribution in [-0.2, 0) is 17.1 Å². The number of halogens is 6. The molecule has 1 aromatic rings. The van der Waals surface area contributed by atoms with Crippen LogP contribution in [0.3, 0.4) is 0 Å². The van der Waals surface area contributed by atoms with E-state index in [9.17, 15) is 31.1 Å². The van der Waals surface area contributed by atoms with Crippen LogP contribution < -0.4 is 5.73 Å². The summed E-state index contributed by atoms with van der Waals surface area (Å²) in [5.74, 6) is -1.47. The molecule has 0 fully saturated rings. The molecule has 3 nitrogen and oxygen atoms in total. The van der Waals surface area contributed by atoms with E-state index in [-0.39, 0.29) is 12.1 Å². The molecule has 20 heavy (non-hydrogen) atoms. The fourth-order valence-electron chi connectivity index (χ4n) is 1.41. The molecule has 110 valence electrons. The van der Waals surface area contributed by atoms with Crippen molar-refractivity contribution < 1.29 is 36.2 Å². The first kappa shape index (κ1) is 15.9. The summed E-state index contributed by atoms with van der Waals surface area (Å²) in [6.07, 6.45) is -9.31. The number of carboxylic acid groups (broad SMARTS) is 1. The Morgan fingerprint density at radius 1 is 1.05 bits per heavy atom. The van der Waals surface area contributed by atoms with Gasteiger partial charge in [0.25, 0.3) is 0 Å². The summed E-state index contributed by atoms with van der Waals surface area (Å²) in [6, 6.07) is 0.294. The molecule has 1 aromatic carbocycles. The predicted molar refractivity (Wildman–Crippen MR) is 57.5 cm³/mol. The topological polar surface area (TPSA) is 63.3 Å². The number of nitrogen functional groups attached to an aromatic ring is 1. The normalized spacial score (nSPS) is 12.9. The fraction of sp³-hybridized carbons (Fsp3) is 0.182. The van der Waals surface area contributed by atoms with Crippen molar-refractivity contribution in [3.63, 3.8) is 0 Å². The van der Waals surface area contributed by atoms with Gasteiger partial charge in [-0.25, -0.2) is 4.79 Å². The van der Waals surface area contributed by atoms with Gasteiger partial charge in [0.05, 0.1) is 11.1 Å². The average molecular weight is 299 g/mol. The lowest BCUT2D eigenvalue weighted by atomic mass is 10.0. The number of carboxylic acids is 1. The summed E-state index contributed by atoms with van der Waals surface area (Å²) in [5, 5.41) is 8.35. The highest BCUT2D eigenvalue weighted by Gasteiger charge is 2.43. The van der Waals surface area contributed by atoms with Crippen LogP contribution in [-0.4, -0.2) is 11.1 Å². The minimum atomic E-state index is -5.25. The number of rotatable bonds is 2. The van der Waals surface area contributed by atoms with Crippen LogP contribution >= 0.6 is 0 Å². The lowest BCUT2D eigenvalue weighted by Crippen LogP contribution is -2.17. The van der Waals surface area contributed by atoms with E-state index in [1.807, 2.05) is 0 Å². The standard InChI is InChI=1S/C11H7F6NO2/c12-10(13,14)6-3-5(1-2-9(19)20)8(18)4-7(6)11(15,16)17/h1-4H,18H2,(H,19,20)/b2-1+. The van der Waals surface area contributed by atoms with Gasteiger partial charge in [-0.2, -0.15) is 26.3 Å². The first-order valence-corrected chi connectivity index (χ1v) is 4.92. The molecule has 9 heteroatoms. The Balaban J connectivity index is 3.52.